The zero-order chi connectivity index (χ0) is 44.8. The lowest BCUT2D eigenvalue weighted by Crippen LogP contribution is -2.09. The lowest BCUT2D eigenvalue weighted by atomic mass is 9.88. The first-order valence-electron chi connectivity index (χ1n) is 22.4. The molecule has 0 fully saturated rings. The van der Waals surface area contributed by atoms with Crippen molar-refractivity contribution in [1.82, 2.24) is 19.1 Å². The van der Waals surface area contributed by atoms with Gasteiger partial charge >= 0.3 is 0 Å². The molecular formula is C60H30N6S2. The molecule has 0 radical (unpaired) electrons. The molecule has 6 heterocycles. The fraction of sp³-hybridized carbons (Fsp3) is 0. The van der Waals surface area contributed by atoms with E-state index in [9.17, 15) is 11.8 Å². The van der Waals surface area contributed by atoms with Crippen LogP contribution in [0.15, 0.2) is 182 Å². The number of fused-ring (bicyclic) bond motifs is 14. The molecule has 68 heavy (non-hydrogen) atoms. The molecule has 0 saturated heterocycles. The van der Waals surface area contributed by atoms with E-state index in [1.54, 1.807) is 22.7 Å². The Balaban J connectivity index is 1.26. The van der Waals surface area contributed by atoms with E-state index in [4.69, 9.17) is 9.97 Å². The molecule has 0 aliphatic rings. The molecule has 6 aromatic heterocycles. The van der Waals surface area contributed by atoms with E-state index in [1.165, 1.54) is 20.2 Å². The Hall–Kier alpha value is -8.92. The van der Waals surface area contributed by atoms with Gasteiger partial charge in [0.15, 0.2) is 0 Å². The zero-order valence-corrected chi connectivity index (χ0v) is 37.5. The molecule has 8 heteroatoms. The zero-order valence-electron chi connectivity index (χ0n) is 35.8. The average Bonchev–Trinajstić information content (AvgIpc) is 4.16. The van der Waals surface area contributed by atoms with Crippen molar-refractivity contribution in [2.24, 2.45) is 0 Å². The third kappa shape index (κ3) is 4.77. The number of pyridine rings is 2. The Labute approximate surface area is 395 Å². The quantitative estimate of drug-likeness (QED) is 0.131. The fourth-order valence-electron chi connectivity index (χ4n) is 11.3. The summed E-state index contributed by atoms with van der Waals surface area (Å²) in [6.07, 6.45) is 3.77. The second kappa shape index (κ2) is 13.8. The number of rotatable bonds is 4. The van der Waals surface area contributed by atoms with Gasteiger partial charge in [0, 0.05) is 86.8 Å². The molecule has 0 aliphatic carbocycles. The first kappa shape index (κ1) is 37.3. The summed E-state index contributed by atoms with van der Waals surface area (Å²) in [6.45, 7) is 9.35. The minimum Gasteiger partial charge on any atom is -0.318 e. The normalized spacial score (nSPS) is 12.1. The summed E-state index contributed by atoms with van der Waals surface area (Å²) >= 11 is 3.58. The molecule has 0 unspecified atom stereocenters. The molecule has 0 saturated carbocycles. The van der Waals surface area contributed by atoms with Gasteiger partial charge in [-0.15, -0.1) is 22.7 Å². The summed E-state index contributed by atoms with van der Waals surface area (Å²) in [4.78, 5) is 14.7. The van der Waals surface area contributed by atoms with Gasteiger partial charge in [-0.1, -0.05) is 146 Å². The maximum atomic E-state index is 12.1. The highest BCUT2D eigenvalue weighted by molar-refractivity contribution is 7.27. The van der Waals surface area contributed by atoms with E-state index >= 15 is 0 Å². The van der Waals surface area contributed by atoms with Crippen LogP contribution >= 0.6 is 22.7 Å². The summed E-state index contributed by atoms with van der Waals surface area (Å²) in [5.41, 5.74) is 10.9. The molecular weight excluding hydrogens is 869 g/mol. The van der Waals surface area contributed by atoms with Crippen molar-refractivity contribution in [2.45, 2.75) is 0 Å². The first-order valence-corrected chi connectivity index (χ1v) is 24.0. The van der Waals surface area contributed by atoms with E-state index in [1.807, 2.05) is 48.8 Å². The molecule has 6 nitrogen and oxygen atoms in total. The molecule has 0 N–H and O–H groups in total. The Morgan fingerprint density at radius 2 is 0.912 bits per heavy atom. The number of hydrogen-bond donors (Lipinski definition) is 0. The third-order valence-corrected chi connectivity index (χ3v) is 16.4. The summed E-state index contributed by atoms with van der Waals surface area (Å²) in [7, 11) is 0. The number of hydrogen-bond acceptors (Lipinski definition) is 5. The van der Waals surface area contributed by atoms with Crippen LogP contribution in [0.2, 0.25) is 0 Å². The van der Waals surface area contributed by atoms with Crippen LogP contribution < -0.4 is 0 Å². The highest BCUT2D eigenvalue weighted by Gasteiger charge is 2.34. The average molecular weight is 899 g/mol. The molecule has 0 amide bonds. The lowest BCUT2D eigenvalue weighted by molar-refractivity contribution is 1.14. The largest absolute Gasteiger partial charge is 0.318 e. The number of thiophene rings is 2. The third-order valence-electron chi connectivity index (χ3n) is 14.0. The van der Waals surface area contributed by atoms with Crippen LogP contribution in [-0.4, -0.2) is 19.1 Å². The number of nitriles is 1. The van der Waals surface area contributed by atoms with E-state index < -0.39 is 0 Å². The summed E-state index contributed by atoms with van der Waals surface area (Å²) in [5, 5.41) is 23.1. The van der Waals surface area contributed by atoms with Gasteiger partial charge in [0.05, 0.1) is 66.0 Å². The fourth-order valence-corrected chi connectivity index (χ4v) is 13.8. The highest BCUT2D eigenvalue weighted by atomic mass is 32.1. The predicted octanol–water partition coefficient (Wildman–Crippen LogP) is 16.9. The number of nitrogens with zero attached hydrogens (tertiary/aromatic N) is 6. The lowest BCUT2D eigenvalue weighted by Gasteiger charge is -2.26. The summed E-state index contributed by atoms with van der Waals surface area (Å²) < 4.78 is 9.37. The van der Waals surface area contributed by atoms with Gasteiger partial charge in [-0.25, -0.2) is 4.85 Å². The second-order valence-electron chi connectivity index (χ2n) is 17.3. The highest BCUT2D eigenvalue weighted by Crippen LogP contribution is 2.55. The van der Waals surface area contributed by atoms with Gasteiger partial charge in [-0.05, 0) is 35.4 Å². The van der Waals surface area contributed by atoms with Crippen molar-refractivity contribution >= 4 is 134 Å². The molecule has 15 rings (SSSR count). The van der Waals surface area contributed by atoms with Gasteiger partial charge in [0.2, 0.25) is 5.69 Å². The summed E-state index contributed by atoms with van der Waals surface area (Å²) in [5.74, 6) is 0. The van der Waals surface area contributed by atoms with Crippen LogP contribution in [0.5, 0.6) is 0 Å². The maximum Gasteiger partial charge on any atom is 0.220 e. The SMILES string of the molecule is [C-]#[N+]c1c(-c2ccccc2)c(C#N)c(-n2c3c(ccc4c5ccccc5sc43)c3ccc4c5ccccc5sc4c32)c(-c2ccccc2)c1-n1c2ccnc3c4ccccc4c4nccc1c4c32. The van der Waals surface area contributed by atoms with Crippen LogP contribution in [0.4, 0.5) is 5.69 Å². The number of benzene rings is 9. The van der Waals surface area contributed by atoms with E-state index in [0.717, 1.165) is 108 Å². The number of aromatic nitrogens is 4. The van der Waals surface area contributed by atoms with E-state index in [0.29, 0.717) is 22.5 Å². The van der Waals surface area contributed by atoms with Crippen LogP contribution in [-0.2, 0) is 0 Å². The minimum absolute atomic E-state index is 0.391. The van der Waals surface area contributed by atoms with E-state index in [-0.39, 0.29) is 0 Å². The Morgan fingerprint density at radius 3 is 1.41 bits per heavy atom. The van der Waals surface area contributed by atoms with Crippen LogP contribution in [0.1, 0.15) is 5.56 Å². The monoisotopic (exact) mass is 898 g/mol. The minimum atomic E-state index is 0.391. The Morgan fingerprint density at radius 1 is 0.456 bits per heavy atom. The van der Waals surface area contributed by atoms with Gasteiger partial charge in [0.25, 0.3) is 0 Å². The molecule has 9 aromatic carbocycles. The van der Waals surface area contributed by atoms with Gasteiger partial charge in [-0.2, -0.15) is 5.26 Å². The van der Waals surface area contributed by atoms with Gasteiger partial charge in [-0.3, -0.25) is 9.97 Å². The van der Waals surface area contributed by atoms with Crippen molar-refractivity contribution in [1.29, 1.82) is 5.26 Å². The standard InChI is InChI=1S/C60H30N6S2/c1-62-54-48(33-14-4-2-5-15-33)43(32-61)55(49(34-16-6-3-7-17-34)58(54)65-44-28-30-63-52-37-20-8-9-21-38(37)53-51(50(44)52)45(65)29-31-64-53)66-56-39(24-26-41-35-18-10-12-22-46(35)67-59(41)56)40-25-27-42-36-19-11-13-23-47(36)68-60(42)57(40)66/h2-31H. The van der Waals surface area contributed by atoms with Crippen LogP contribution in [0.25, 0.3) is 144 Å². The first-order chi connectivity index (χ1) is 33.7. The smallest absolute Gasteiger partial charge is 0.220 e. The Bertz CT molecular complexity index is 4540. The molecule has 0 aliphatic heterocycles. The van der Waals surface area contributed by atoms with Crippen molar-refractivity contribution in [3.63, 3.8) is 0 Å². The van der Waals surface area contributed by atoms with Crippen molar-refractivity contribution in [3.05, 3.63) is 199 Å². The van der Waals surface area contributed by atoms with Crippen LogP contribution in [0, 0.1) is 17.9 Å². The Kier molecular flexibility index (Phi) is 7.58. The van der Waals surface area contributed by atoms with Crippen molar-refractivity contribution < 1.29 is 0 Å². The second-order valence-corrected chi connectivity index (χ2v) is 19.4. The molecule has 15 aromatic rings. The van der Waals surface area contributed by atoms with Gasteiger partial charge < -0.3 is 9.13 Å². The topological polar surface area (TPSA) is 63.8 Å². The van der Waals surface area contributed by atoms with Crippen molar-refractivity contribution in [3.8, 4) is 39.7 Å². The van der Waals surface area contributed by atoms with Crippen molar-refractivity contribution in [2.75, 3.05) is 0 Å². The predicted molar refractivity (Wildman–Crippen MR) is 285 cm³/mol. The molecule has 0 atom stereocenters. The molecule has 0 bridgehead atoms. The van der Waals surface area contributed by atoms with Gasteiger partial charge in [0.1, 0.15) is 6.07 Å². The van der Waals surface area contributed by atoms with E-state index in [2.05, 4.69) is 154 Å². The van der Waals surface area contributed by atoms with Crippen LogP contribution in [0.3, 0.4) is 0 Å². The molecule has 0 spiro atoms. The summed E-state index contributed by atoms with van der Waals surface area (Å²) in [6, 6.07) is 62.1. The molecule has 312 valence electrons. The maximum absolute atomic E-state index is 12.1.